The second-order valence-electron chi connectivity index (χ2n) is 3.49. The fourth-order valence-electron chi connectivity index (χ4n) is 1.23. The van der Waals surface area contributed by atoms with E-state index in [1.54, 1.807) is 13.2 Å². The van der Waals surface area contributed by atoms with Gasteiger partial charge in [0.2, 0.25) is 0 Å². The highest BCUT2D eigenvalue weighted by atomic mass is 16.6. The van der Waals surface area contributed by atoms with Gasteiger partial charge in [-0.05, 0) is 29.3 Å². The molecule has 1 aromatic heterocycles. The van der Waals surface area contributed by atoms with Gasteiger partial charge < -0.3 is 20.2 Å². The van der Waals surface area contributed by atoms with Gasteiger partial charge in [0.05, 0.1) is 5.69 Å². The summed E-state index contributed by atoms with van der Waals surface area (Å²) in [5.41, 5.74) is 0.772. The van der Waals surface area contributed by atoms with Crippen molar-refractivity contribution in [3.05, 3.63) is 28.4 Å². The normalized spacial score (nSPS) is 12.1. The summed E-state index contributed by atoms with van der Waals surface area (Å²) >= 11 is 0. The molecule has 6 nitrogen and oxygen atoms in total. The van der Waals surface area contributed by atoms with E-state index in [0.717, 1.165) is 12.1 Å². The van der Waals surface area contributed by atoms with Crippen molar-refractivity contribution in [2.45, 2.75) is 19.4 Å². The molecule has 0 aromatic carbocycles. The quantitative estimate of drug-likeness (QED) is 0.590. The zero-order valence-electron chi connectivity index (χ0n) is 9.34. The van der Waals surface area contributed by atoms with Crippen LogP contribution in [-0.2, 0) is 4.74 Å². The van der Waals surface area contributed by atoms with Crippen molar-refractivity contribution in [2.24, 2.45) is 0 Å². The first kappa shape index (κ1) is 12.4. The minimum atomic E-state index is -0.516. The zero-order valence-corrected chi connectivity index (χ0v) is 9.34. The molecule has 1 atom stereocenters. The van der Waals surface area contributed by atoms with Crippen molar-refractivity contribution in [1.82, 2.24) is 4.98 Å². The van der Waals surface area contributed by atoms with E-state index < -0.39 is 4.92 Å². The highest BCUT2D eigenvalue weighted by Gasteiger charge is 2.07. The standard InChI is InChI=1S/C10H15N3O3/c1-8(5-6-16-2)12-9-3-4-10(11-7-9)13(14)15/h3-4,7-8,12H,5-6H2,1-2H3. The molecule has 0 aliphatic rings. The Morgan fingerprint density at radius 3 is 2.88 bits per heavy atom. The van der Waals surface area contributed by atoms with Gasteiger partial charge in [0.15, 0.2) is 6.20 Å². The summed E-state index contributed by atoms with van der Waals surface area (Å²) < 4.78 is 4.96. The molecule has 0 saturated heterocycles. The highest BCUT2D eigenvalue weighted by Crippen LogP contribution is 2.12. The predicted octanol–water partition coefficient (Wildman–Crippen LogP) is 1.83. The average Bonchev–Trinajstić information content (AvgIpc) is 2.27. The minimum absolute atomic E-state index is 0.143. The molecule has 1 aromatic rings. The first-order chi connectivity index (χ1) is 7.63. The average molecular weight is 225 g/mol. The van der Waals surface area contributed by atoms with E-state index in [0.29, 0.717) is 6.61 Å². The van der Waals surface area contributed by atoms with Gasteiger partial charge >= 0.3 is 5.82 Å². The summed E-state index contributed by atoms with van der Waals surface area (Å²) in [4.78, 5) is 13.6. The van der Waals surface area contributed by atoms with E-state index >= 15 is 0 Å². The molecule has 88 valence electrons. The van der Waals surface area contributed by atoms with Gasteiger partial charge in [0.25, 0.3) is 0 Å². The first-order valence-electron chi connectivity index (χ1n) is 4.99. The van der Waals surface area contributed by atoms with Crippen LogP contribution in [0.1, 0.15) is 13.3 Å². The first-order valence-corrected chi connectivity index (χ1v) is 4.99. The van der Waals surface area contributed by atoms with Crippen molar-refractivity contribution in [1.29, 1.82) is 0 Å². The van der Waals surface area contributed by atoms with Gasteiger partial charge in [-0.15, -0.1) is 0 Å². The molecule has 1 heterocycles. The molecule has 0 bridgehead atoms. The smallest absolute Gasteiger partial charge is 0.363 e. The lowest BCUT2D eigenvalue weighted by atomic mass is 10.2. The number of hydrogen-bond donors (Lipinski definition) is 1. The van der Waals surface area contributed by atoms with Crippen molar-refractivity contribution in [2.75, 3.05) is 19.0 Å². The van der Waals surface area contributed by atoms with Crippen LogP contribution in [0.4, 0.5) is 11.5 Å². The monoisotopic (exact) mass is 225 g/mol. The molecule has 0 saturated carbocycles. The predicted molar refractivity (Wildman–Crippen MR) is 60.5 cm³/mol. The second-order valence-corrected chi connectivity index (χ2v) is 3.49. The summed E-state index contributed by atoms with van der Waals surface area (Å²) in [7, 11) is 1.65. The molecule has 16 heavy (non-hydrogen) atoms. The van der Waals surface area contributed by atoms with Gasteiger partial charge in [0.1, 0.15) is 0 Å². The molecule has 6 heteroatoms. The number of nitrogens with one attached hydrogen (secondary N) is 1. The Labute approximate surface area is 93.8 Å². The van der Waals surface area contributed by atoms with E-state index in [4.69, 9.17) is 4.74 Å². The molecular formula is C10H15N3O3. The number of nitrogens with zero attached hydrogens (tertiary/aromatic N) is 2. The Morgan fingerprint density at radius 2 is 2.38 bits per heavy atom. The minimum Gasteiger partial charge on any atom is -0.385 e. The van der Waals surface area contributed by atoms with E-state index in [1.807, 2.05) is 6.92 Å². The van der Waals surface area contributed by atoms with Crippen LogP contribution in [0.3, 0.4) is 0 Å². The number of anilines is 1. The van der Waals surface area contributed by atoms with Crippen LogP contribution >= 0.6 is 0 Å². The Hall–Kier alpha value is -1.69. The summed E-state index contributed by atoms with van der Waals surface area (Å²) in [6, 6.07) is 3.27. The maximum atomic E-state index is 10.4. The maximum absolute atomic E-state index is 10.4. The van der Waals surface area contributed by atoms with Gasteiger partial charge in [-0.1, -0.05) is 0 Å². The number of methoxy groups -OCH3 is 1. The van der Waals surface area contributed by atoms with E-state index in [2.05, 4.69) is 10.3 Å². The second kappa shape index (κ2) is 6.02. The van der Waals surface area contributed by atoms with E-state index in [-0.39, 0.29) is 11.9 Å². The van der Waals surface area contributed by atoms with E-state index in [1.165, 1.54) is 12.3 Å². The number of nitro groups is 1. The molecule has 1 unspecified atom stereocenters. The van der Waals surface area contributed by atoms with Crippen molar-refractivity contribution < 1.29 is 9.66 Å². The van der Waals surface area contributed by atoms with Gasteiger partial charge in [-0.25, -0.2) is 0 Å². The highest BCUT2D eigenvalue weighted by molar-refractivity contribution is 5.44. The number of ether oxygens (including phenoxy) is 1. The number of hydrogen-bond acceptors (Lipinski definition) is 5. The number of pyridine rings is 1. The molecule has 0 aliphatic carbocycles. The van der Waals surface area contributed by atoms with Crippen molar-refractivity contribution in [3.8, 4) is 0 Å². The molecule has 0 amide bonds. The van der Waals surface area contributed by atoms with Crippen molar-refractivity contribution in [3.63, 3.8) is 0 Å². The lowest BCUT2D eigenvalue weighted by molar-refractivity contribution is -0.389. The Balaban J connectivity index is 2.51. The van der Waals surface area contributed by atoms with Crippen LogP contribution in [0.25, 0.3) is 0 Å². The summed E-state index contributed by atoms with van der Waals surface area (Å²) in [6.45, 7) is 2.69. The van der Waals surface area contributed by atoms with Gasteiger partial charge in [-0.3, -0.25) is 0 Å². The topological polar surface area (TPSA) is 77.3 Å². The Morgan fingerprint density at radius 1 is 1.62 bits per heavy atom. The molecule has 0 spiro atoms. The van der Waals surface area contributed by atoms with Crippen LogP contribution < -0.4 is 5.32 Å². The van der Waals surface area contributed by atoms with Crippen LogP contribution in [0.2, 0.25) is 0 Å². The Kier molecular flexibility index (Phi) is 4.65. The third-order valence-electron chi connectivity index (χ3n) is 2.10. The van der Waals surface area contributed by atoms with Gasteiger partial charge in [-0.2, -0.15) is 0 Å². The number of aromatic nitrogens is 1. The summed E-state index contributed by atoms with van der Waals surface area (Å²) in [6.07, 6.45) is 2.33. The summed E-state index contributed by atoms with van der Waals surface area (Å²) in [5, 5.41) is 13.6. The van der Waals surface area contributed by atoms with Crippen molar-refractivity contribution >= 4 is 11.5 Å². The van der Waals surface area contributed by atoms with E-state index in [9.17, 15) is 10.1 Å². The third-order valence-corrected chi connectivity index (χ3v) is 2.10. The molecule has 1 N–H and O–H groups in total. The molecule has 0 radical (unpaired) electrons. The SMILES string of the molecule is COCCC(C)Nc1ccc([N+](=O)[O-])nc1. The number of rotatable bonds is 6. The van der Waals surface area contributed by atoms with Crippen LogP contribution in [0.5, 0.6) is 0 Å². The fraction of sp³-hybridized carbons (Fsp3) is 0.500. The maximum Gasteiger partial charge on any atom is 0.363 e. The Bertz CT molecular complexity index is 340. The largest absolute Gasteiger partial charge is 0.385 e. The van der Waals surface area contributed by atoms with Crippen LogP contribution in [0.15, 0.2) is 18.3 Å². The zero-order chi connectivity index (χ0) is 12.0. The third kappa shape index (κ3) is 3.82. The molecule has 1 rings (SSSR count). The van der Waals surface area contributed by atoms with Crippen LogP contribution in [0, 0.1) is 10.1 Å². The molecule has 0 aliphatic heterocycles. The lowest BCUT2D eigenvalue weighted by Crippen LogP contribution is -2.17. The summed E-state index contributed by atoms with van der Waals surface area (Å²) in [5.74, 6) is -0.143. The lowest BCUT2D eigenvalue weighted by Gasteiger charge is -2.13. The van der Waals surface area contributed by atoms with Crippen LogP contribution in [-0.4, -0.2) is 29.7 Å². The fourth-order valence-corrected chi connectivity index (χ4v) is 1.23. The molecular weight excluding hydrogens is 210 g/mol. The van der Waals surface area contributed by atoms with Gasteiger partial charge in [0, 0.05) is 25.8 Å². The molecule has 0 fully saturated rings.